The number of hydrogen-bond acceptors (Lipinski definition) is 2. The largest absolute Gasteiger partial charge is 0.334 e. The standard InChI is InChI=1S/C13H13ClN2O2/c1-9-3-5-11(6-4-9)16-13(18)12(10(2)14)7-15-8-17/h3-8H,2H2,1H3,(H,15,17)(H,16,18)/b12-7-. The number of carbonyl (C=O) groups is 2. The fourth-order valence-electron chi connectivity index (χ4n) is 1.22. The van der Waals surface area contributed by atoms with Gasteiger partial charge in [-0.3, -0.25) is 9.59 Å². The van der Waals surface area contributed by atoms with Gasteiger partial charge in [-0.1, -0.05) is 35.9 Å². The first kappa shape index (κ1) is 14.0. The van der Waals surface area contributed by atoms with Crippen molar-refractivity contribution >= 4 is 29.6 Å². The molecule has 0 saturated heterocycles. The average molecular weight is 265 g/mol. The molecule has 1 aromatic carbocycles. The molecule has 0 radical (unpaired) electrons. The van der Waals surface area contributed by atoms with Gasteiger partial charge in [0.25, 0.3) is 5.91 Å². The van der Waals surface area contributed by atoms with E-state index in [-0.39, 0.29) is 10.6 Å². The van der Waals surface area contributed by atoms with Gasteiger partial charge in [0.2, 0.25) is 6.41 Å². The molecule has 0 heterocycles. The van der Waals surface area contributed by atoms with Crippen LogP contribution >= 0.6 is 11.6 Å². The Hall–Kier alpha value is -2.07. The molecule has 4 nitrogen and oxygen atoms in total. The van der Waals surface area contributed by atoms with E-state index in [0.717, 1.165) is 5.56 Å². The SMILES string of the molecule is C=C(Cl)/C(=C/NC=O)C(=O)Nc1ccc(C)cc1. The summed E-state index contributed by atoms with van der Waals surface area (Å²) in [6.45, 7) is 5.42. The van der Waals surface area contributed by atoms with Gasteiger partial charge in [0.15, 0.2) is 0 Å². The molecule has 2 N–H and O–H groups in total. The van der Waals surface area contributed by atoms with Crippen LogP contribution in [-0.2, 0) is 9.59 Å². The van der Waals surface area contributed by atoms with E-state index in [0.29, 0.717) is 12.1 Å². The van der Waals surface area contributed by atoms with Crippen molar-refractivity contribution in [1.29, 1.82) is 0 Å². The lowest BCUT2D eigenvalue weighted by atomic mass is 10.2. The molecule has 0 aliphatic heterocycles. The van der Waals surface area contributed by atoms with Crippen molar-refractivity contribution < 1.29 is 9.59 Å². The Balaban J connectivity index is 2.82. The van der Waals surface area contributed by atoms with Crippen molar-refractivity contribution in [2.24, 2.45) is 0 Å². The first-order valence-corrected chi connectivity index (χ1v) is 5.55. The molecular weight excluding hydrogens is 252 g/mol. The van der Waals surface area contributed by atoms with Crippen molar-refractivity contribution in [3.05, 3.63) is 53.2 Å². The van der Waals surface area contributed by atoms with Crippen LogP contribution in [0.15, 0.2) is 47.6 Å². The van der Waals surface area contributed by atoms with E-state index in [1.807, 2.05) is 19.1 Å². The van der Waals surface area contributed by atoms with E-state index < -0.39 is 5.91 Å². The lowest BCUT2D eigenvalue weighted by Crippen LogP contribution is -2.17. The van der Waals surface area contributed by atoms with Gasteiger partial charge >= 0.3 is 0 Å². The summed E-state index contributed by atoms with van der Waals surface area (Å²) in [4.78, 5) is 22.1. The van der Waals surface area contributed by atoms with Crippen molar-refractivity contribution in [1.82, 2.24) is 5.32 Å². The molecule has 0 aromatic heterocycles. The van der Waals surface area contributed by atoms with E-state index in [2.05, 4.69) is 17.2 Å². The fourth-order valence-corrected chi connectivity index (χ4v) is 1.36. The zero-order valence-electron chi connectivity index (χ0n) is 9.87. The third-order valence-corrected chi connectivity index (χ3v) is 2.35. The summed E-state index contributed by atoms with van der Waals surface area (Å²) >= 11 is 5.69. The molecule has 0 bridgehead atoms. The van der Waals surface area contributed by atoms with Gasteiger partial charge in [0, 0.05) is 16.9 Å². The molecule has 0 aliphatic carbocycles. The normalized spacial score (nSPS) is 10.7. The number of amides is 2. The van der Waals surface area contributed by atoms with Gasteiger partial charge in [0.05, 0.1) is 5.57 Å². The van der Waals surface area contributed by atoms with Crippen LogP contribution in [0, 0.1) is 6.92 Å². The summed E-state index contributed by atoms with van der Waals surface area (Å²) in [5.74, 6) is -0.437. The van der Waals surface area contributed by atoms with Gasteiger partial charge in [-0.15, -0.1) is 0 Å². The van der Waals surface area contributed by atoms with Crippen LogP contribution in [0.25, 0.3) is 0 Å². The van der Waals surface area contributed by atoms with Gasteiger partial charge < -0.3 is 10.6 Å². The molecule has 0 saturated carbocycles. The third-order valence-electron chi connectivity index (χ3n) is 2.14. The fraction of sp³-hybridized carbons (Fsp3) is 0.0769. The molecule has 0 unspecified atom stereocenters. The minimum atomic E-state index is -0.437. The maximum absolute atomic E-state index is 11.9. The maximum atomic E-state index is 11.9. The molecule has 2 amide bonds. The third kappa shape index (κ3) is 4.07. The Kier molecular flexibility index (Phi) is 5.14. The minimum Gasteiger partial charge on any atom is -0.334 e. The number of nitrogens with one attached hydrogen (secondary N) is 2. The molecule has 0 aliphatic rings. The van der Waals surface area contributed by atoms with E-state index in [9.17, 15) is 9.59 Å². The highest BCUT2D eigenvalue weighted by molar-refractivity contribution is 6.35. The average Bonchev–Trinajstić information content (AvgIpc) is 2.32. The predicted molar refractivity (Wildman–Crippen MR) is 72.1 cm³/mol. The maximum Gasteiger partial charge on any atom is 0.258 e. The summed E-state index contributed by atoms with van der Waals surface area (Å²) in [6.07, 6.45) is 1.64. The van der Waals surface area contributed by atoms with Crippen LogP contribution in [0.2, 0.25) is 0 Å². The predicted octanol–water partition coefficient (Wildman–Crippen LogP) is 2.32. The molecule has 1 aromatic rings. The van der Waals surface area contributed by atoms with Crippen molar-refractivity contribution in [3.63, 3.8) is 0 Å². The van der Waals surface area contributed by atoms with E-state index in [4.69, 9.17) is 11.6 Å². The number of carbonyl (C=O) groups excluding carboxylic acids is 2. The molecule has 94 valence electrons. The Morgan fingerprint density at radius 1 is 1.33 bits per heavy atom. The summed E-state index contributed by atoms with van der Waals surface area (Å²) in [7, 11) is 0. The Bertz CT molecular complexity index is 492. The lowest BCUT2D eigenvalue weighted by Gasteiger charge is -2.07. The number of anilines is 1. The first-order chi connectivity index (χ1) is 8.54. The Labute approximate surface area is 110 Å². The van der Waals surface area contributed by atoms with Crippen molar-refractivity contribution in [3.8, 4) is 0 Å². The number of hydrogen-bond donors (Lipinski definition) is 2. The van der Waals surface area contributed by atoms with Crippen LogP contribution in [0.4, 0.5) is 5.69 Å². The number of halogens is 1. The summed E-state index contributed by atoms with van der Waals surface area (Å²) in [6, 6.07) is 7.29. The van der Waals surface area contributed by atoms with Crippen molar-refractivity contribution in [2.45, 2.75) is 6.92 Å². The topological polar surface area (TPSA) is 58.2 Å². The van der Waals surface area contributed by atoms with Gasteiger partial charge in [-0.2, -0.15) is 0 Å². The first-order valence-electron chi connectivity index (χ1n) is 5.17. The highest BCUT2D eigenvalue weighted by Gasteiger charge is 2.11. The zero-order valence-corrected chi connectivity index (χ0v) is 10.6. The lowest BCUT2D eigenvalue weighted by molar-refractivity contribution is -0.112. The van der Waals surface area contributed by atoms with Crippen LogP contribution in [0.3, 0.4) is 0 Å². The van der Waals surface area contributed by atoms with E-state index in [1.165, 1.54) is 6.20 Å². The second kappa shape index (κ2) is 6.61. The number of aryl methyl sites for hydroxylation is 1. The van der Waals surface area contributed by atoms with E-state index in [1.54, 1.807) is 12.1 Å². The van der Waals surface area contributed by atoms with Crippen molar-refractivity contribution in [2.75, 3.05) is 5.32 Å². The monoisotopic (exact) mass is 264 g/mol. The summed E-state index contributed by atoms with van der Waals surface area (Å²) in [5, 5.41) is 4.96. The molecule has 0 atom stereocenters. The quantitative estimate of drug-likeness (QED) is 0.487. The molecule has 1 rings (SSSR count). The highest BCUT2D eigenvalue weighted by atomic mass is 35.5. The van der Waals surface area contributed by atoms with Gasteiger partial charge in [0.1, 0.15) is 0 Å². The van der Waals surface area contributed by atoms with Crippen LogP contribution in [0.5, 0.6) is 0 Å². The minimum absolute atomic E-state index is 0.0500. The van der Waals surface area contributed by atoms with Crippen LogP contribution in [0.1, 0.15) is 5.56 Å². The van der Waals surface area contributed by atoms with Gasteiger partial charge in [-0.25, -0.2) is 0 Å². The van der Waals surface area contributed by atoms with Gasteiger partial charge in [-0.05, 0) is 19.1 Å². The molecule has 0 fully saturated rings. The molecular formula is C13H13ClN2O2. The molecule has 5 heteroatoms. The smallest absolute Gasteiger partial charge is 0.258 e. The Morgan fingerprint density at radius 3 is 2.44 bits per heavy atom. The molecule has 0 spiro atoms. The summed E-state index contributed by atoms with van der Waals surface area (Å²) in [5.41, 5.74) is 1.83. The number of benzene rings is 1. The second-order valence-electron chi connectivity index (χ2n) is 3.57. The van der Waals surface area contributed by atoms with E-state index >= 15 is 0 Å². The molecule has 18 heavy (non-hydrogen) atoms. The highest BCUT2D eigenvalue weighted by Crippen LogP contribution is 2.15. The second-order valence-corrected chi connectivity index (χ2v) is 4.02. The van der Waals surface area contributed by atoms with Crippen LogP contribution in [-0.4, -0.2) is 12.3 Å². The zero-order chi connectivity index (χ0) is 13.5. The van der Waals surface area contributed by atoms with Crippen LogP contribution < -0.4 is 10.6 Å². The Morgan fingerprint density at radius 2 is 1.94 bits per heavy atom. The summed E-state index contributed by atoms with van der Waals surface area (Å²) < 4.78 is 0. The number of rotatable bonds is 5.